The average Bonchev–Trinajstić information content (AvgIpc) is 3.07. The Balaban J connectivity index is 1.55. The first-order valence-corrected chi connectivity index (χ1v) is 15.2. The number of nitro benzene ring substituents is 1. The second-order valence-corrected chi connectivity index (χ2v) is 11.5. The van der Waals surface area contributed by atoms with Crippen molar-refractivity contribution in [3.8, 4) is 28.6 Å². The Kier molecular flexibility index (Phi) is 10.0. The smallest absolute Gasteiger partial charge is 0.315 e. The first kappa shape index (κ1) is 33.6. The van der Waals surface area contributed by atoms with E-state index >= 15 is 0 Å². The number of nitrogens with zero attached hydrogens (tertiary/aromatic N) is 4. The lowest BCUT2D eigenvalue weighted by Crippen LogP contribution is -2.21. The molecule has 0 radical (unpaired) electrons. The van der Waals surface area contributed by atoms with E-state index in [4.69, 9.17) is 30.8 Å². The van der Waals surface area contributed by atoms with Crippen LogP contribution in [0.1, 0.15) is 36.5 Å². The minimum absolute atomic E-state index is 0.0123. The molecule has 0 unspecified atom stereocenters. The number of ether oxygens (including phenoxy) is 3. The molecule has 4 aromatic carbocycles. The molecule has 0 bridgehead atoms. The minimum Gasteiger partial charge on any atom is -0.496 e. The third-order valence-electron chi connectivity index (χ3n) is 7.47. The zero-order valence-electron chi connectivity index (χ0n) is 26.8. The zero-order valence-corrected chi connectivity index (χ0v) is 27.6. The lowest BCUT2D eigenvalue weighted by Gasteiger charge is -2.17. The van der Waals surface area contributed by atoms with Gasteiger partial charge in [0.25, 0.3) is 11.5 Å². The molecule has 12 nitrogen and oxygen atoms in total. The number of para-hydroxylation sites is 1. The SMILES string of the molecule is COc1cc(C)c(-c2nc3ccccc3c(=O)n2N=Cc2cc(OC)c(OCC(=O)Nc3ccc(Cl)cc3)c([N+](=O)[O-])c2)cc1C(C)C. The summed E-state index contributed by atoms with van der Waals surface area (Å²) in [5.74, 6) is 0.303. The van der Waals surface area contributed by atoms with Crippen LogP contribution in [-0.2, 0) is 4.79 Å². The van der Waals surface area contributed by atoms with E-state index < -0.39 is 28.7 Å². The molecule has 0 aliphatic carbocycles. The number of aryl methyl sites for hydroxylation is 1. The summed E-state index contributed by atoms with van der Waals surface area (Å²) in [6, 6.07) is 19.9. The molecule has 0 aliphatic heterocycles. The highest BCUT2D eigenvalue weighted by Crippen LogP contribution is 2.38. The maximum atomic E-state index is 13.8. The van der Waals surface area contributed by atoms with E-state index in [9.17, 15) is 19.7 Å². The van der Waals surface area contributed by atoms with Crippen LogP contribution >= 0.6 is 11.6 Å². The van der Waals surface area contributed by atoms with E-state index in [1.165, 1.54) is 30.1 Å². The number of hydrogen-bond donors (Lipinski definition) is 1. The van der Waals surface area contributed by atoms with Crippen LogP contribution in [0.15, 0.2) is 82.7 Å². The molecule has 0 spiro atoms. The van der Waals surface area contributed by atoms with Gasteiger partial charge in [-0.2, -0.15) is 9.78 Å². The zero-order chi connectivity index (χ0) is 34.5. The van der Waals surface area contributed by atoms with Gasteiger partial charge in [-0.05, 0) is 78.6 Å². The van der Waals surface area contributed by atoms with Gasteiger partial charge in [0.1, 0.15) is 5.75 Å². The number of anilines is 1. The van der Waals surface area contributed by atoms with E-state index in [1.54, 1.807) is 55.6 Å². The van der Waals surface area contributed by atoms with Crippen LogP contribution < -0.4 is 25.1 Å². The predicted molar refractivity (Wildman–Crippen MR) is 185 cm³/mol. The van der Waals surface area contributed by atoms with Gasteiger partial charge >= 0.3 is 5.69 Å². The van der Waals surface area contributed by atoms with Crippen LogP contribution in [0.5, 0.6) is 17.2 Å². The number of aromatic nitrogens is 2. The highest BCUT2D eigenvalue weighted by atomic mass is 35.5. The molecule has 0 atom stereocenters. The Morgan fingerprint density at radius 2 is 1.77 bits per heavy atom. The number of amides is 1. The van der Waals surface area contributed by atoms with Gasteiger partial charge in [0.05, 0.1) is 36.3 Å². The van der Waals surface area contributed by atoms with E-state index in [2.05, 4.69) is 10.4 Å². The summed E-state index contributed by atoms with van der Waals surface area (Å²) in [5.41, 5.74) is 2.71. The van der Waals surface area contributed by atoms with E-state index in [1.807, 2.05) is 32.9 Å². The summed E-state index contributed by atoms with van der Waals surface area (Å²) in [6.45, 7) is 5.43. The van der Waals surface area contributed by atoms with Crippen molar-refractivity contribution in [3.63, 3.8) is 0 Å². The maximum absolute atomic E-state index is 13.8. The molecule has 246 valence electrons. The van der Waals surface area contributed by atoms with Crippen LogP contribution in [0.3, 0.4) is 0 Å². The molecule has 1 aromatic heterocycles. The molecule has 0 fully saturated rings. The summed E-state index contributed by atoms with van der Waals surface area (Å²) >= 11 is 5.89. The van der Waals surface area contributed by atoms with Crippen LogP contribution in [0.2, 0.25) is 5.02 Å². The van der Waals surface area contributed by atoms with Crippen molar-refractivity contribution < 1.29 is 23.9 Å². The lowest BCUT2D eigenvalue weighted by molar-refractivity contribution is -0.385. The predicted octanol–water partition coefficient (Wildman–Crippen LogP) is 6.97. The molecule has 1 N–H and O–H groups in total. The number of carbonyl (C=O) groups excluding carboxylic acids is 1. The van der Waals surface area contributed by atoms with Crippen molar-refractivity contribution in [2.24, 2.45) is 5.10 Å². The van der Waals surface area contributed by atoms with Crippen LogP contribution in [0.4, 0.5) is 11.4 Å². The molecule has 13 heteroatoms. The summed E-state index contributed by atoms with van der Waals surface area (Å²) < 4.78 is 17.8. The van der Waals surface area contributed by atoms with Crippen molar-refractivity contribution >= 4 is 46.0 Å². The second-order valence-electron chi connectivity index (χ2n) is 11.1. The van der Waals surface area contributed by atoms with Crippen LogP contribution in [-0.4, -0.2) is 47.5 Å². The molecular formula is C35H32ClN5O7. The Morgan fingerprint density at radius 3 is 2.44 bits per heavy atom. The largest absolute Gasteiger partial charge is 0.496 e. The van der Waals surface area contributed by atoms with Gasteiger partial charge in [0.2, 0.25) is 5.75 Å². The highest BCUT2D eigenvalue weighted by molar-refractivity contribution is 6.30. The van der Waals surface area contributed by atoms with Crippen molar-refractivity contribution in [3.05, 3.63) is 115 Å². The van der Waals surface area contributed by atoms with Gasteiger partial charge in [-0.1, -0.05) is 37.6 Å². The van der Waals surface area contributed by atoms with Crippen LogP contribution in [0, 0.1) is 17.0 Å². The van der Waals surface area contributed by atoms with E-state index in [0.29, 0.717) is 32.9 Å². The van der Waals surface area contributed by atoms with Crippen molar-refractivity contribution in [1.29, 1.82) is 0 Å². The Bertz CT molecular complexity index is 2110. The Hall–Kier alpha value is -5.75. The number of halogens is 1. The number of fused-ring (bicyclic) bond motifs is 1. The van der Waals surface area contributed by atoms with E-state index in [-0.39, 0.29) is 28.8 Å². The standard InChI is InChI=1S/C35H32ClN5O7/c1-20(2)26-17-27(21(3)14-30(26)46-4)34-39-28-9-7-6-8-25(28)35(43)40(34)37-18-22-15-29(41(44)45)33(31(16-22)47-5)48-19-32(42)38-24-12-10-23(36)11-13-24/h6-18,20H,19H2,1-5H3,(H,38,42). The van der Waals surface area contributed by atoms with E-state index in [0.717, 1.165) is 11.1 Å². The number of nitrogens with one attached hydrogen (secondary N) is 1. The molecule has 1 amide bonds. The fourth-order valence-corrected chi connectivity index (χ4v) is 5.21. The van der Waals surface area contributed by atoms with Gasteiger partial charge in [0, 0.05) is 27.9 Å². The third-order valence-corrected chi connectivity index (χ3v) is 7.72. The molecule has 5 aromatic rings. The maximum Gasteiger partial charge on any atom is 0.315 e. The molecule has 48 heavy (non-hydrogen) atoms. The molecule has 5 rings (SSSR count). The average molecular weight is 670 g/mol. The molecule has 0 aliphatic rings. The van der Waals surface area contributed by atoms with Gasteiger partial charge in [-0.3, -0.25) is 19.7 Å². The summed E-state index contributed by atoms with van der Waals surface area (Å²) in [7, 11) is 2.92. The fourth-order valence-electron chi connectivity index (χ4n) is 5.08. The number of nitro groups is 1. The van der Waals surface area contributed by atoms with Gasteiger partial charge < -0.3 is 19.5 Å². The molecular weight excluding hydrogens is 638 g/mol. The first-order valence-electron chi connectivity index (χ1n) is 14.8. The summed E-state index contributed by atoms with van der Waals surface area (Å²) in [4.78, 5) is 42.7. The topological polar surface area (TPSA) is 147 Å². The number of hydrogen-bond acceptors (Lipinski definition) is 9. The molecule has 0 saturated heterocycles. The van der Waals surface area contributed by atoms with Gasteiger partial charge in [-0.25, -0.2) is 4.98 Å². The molecule has 1 heterocycles. The number of carbonyl (C=O) groups is 1. The first-order chi connectivity index (χ1) is 23.0. The Labute approximate surface area is 280 Å². The van der Waals surface area contributed by atoms with Gasteiger partial charge in [-0.15, -0.1) is 0 Å². The van der Waals surface area contributed by atoms with Crippen molar-refractivity contribution in [2.75, 3.05) is 26.1 Å². The number of benzene rings is 4. The lowest BCUT2D eigenvalue weighted by atomic mass is 9.96. The fraction of sp³-hybridized carbons (Fsp3) is 0.200. The Morgan fingerprint density at radius 1 is 1.06 bits per heavy atom. The second kappa shape index (κ2) is 14.3. The third kappa shape index (κ3) is 7.13. The highest BCUT2D eigenvalue weighted by Gasteiger charge is 2.24. The van der Waals surface area contributed by atoms with Gasteiger partial charge in [0.15, 0.2) is 18.2 Å². The van der Waals surface area contributed by atoms with Crippen LogP contribution in [0.25, 0.3) is 22.3 Å². The number of methoxy groups -OCH3 is 2. The summed E-state index contributed by atoms with van der Waals surface area (Å²) in [6.07, 6.45) is 1.30. The monoisotopic (exact) mass is 669 g/mol. The number of rotatable bonds is 11. The minimum atomic E-state index is -0.657. The quantitative estimate of drug-likeness (QED) is 0.0901. The summed E-state index contributed by atoms with van der Waals surface area (Å²) in [5, 5.41) is 20.1. The van der Waals surface area contributed by atoms with Crippen molar-refractivity contribution in [1.82, 2.24) is 9.66 Å². The normalized spacial score (nSPS) is 11.2. The van der Waals surface area contributed by atoms with Crippen molar-refractivity contribution in [2.45, 2.75) is 26.7 Å². The molecule has 0 saturated carbocycles.